The third kappa shape index (κ3) is 5.31. The van der Waals surface area contributed by atoms with Crippen LogP contribution in [0.25, 0.3) is 10.4 Å². The second-order valence-corrected chi connectivity index (χ2v) is 10.8. The van der Waals surface area contributed by atoms with E-state index in [1.54, 1.807) is 12.3 Å². The van der Waals surface area contributed by atoms with Gasteiger partial charge in [0.05, 0.1) is 23.4 Å². The SMILES string of the molecule is COc1ncc(-c2sc(NC(C)C3CCOCC3)nc2C)cc1S(=O)(=O)Nc1ccccc1F. The largest absolute Gasteiger partial charge is 0.480 e. The number of pyridine rings is 1. The Morgan fingerprint density at radius 1 is 1.26 bits per heavy atom. The van der Waals surface area contributed by atoms with E-state index in [0.29, 0.717) is 11.5 Å². The molecule has 0 spiro atoms. The summed E-state index contributed by atoms with van der Waals surface area (Å²) >= 11 is 1.43. The molecule has 0 saturated carbocycles. The van der Waals surface area contributed by atoms with Crippen LogP contribution in [0.3, 0.4) is 0 Å². The van der Waals surface area contributed by atoms with E-state index in [1.807, 2.05) is 6.92 Å². The van der Waals surface area contributed by atoms with E-state index in [1.165, 1.54) is 42.7 Å². The van der Waals surface area contributed by atoms with Crippen molar-refractivity contribution >= 4 is 32.2 Å². The molecule has 1 atom stereocenters. The van der Waals surface area contributed by atoms with E-state index in [9.17, 15) is 12.8 Å². The van der Waals surface area contributed by atoms with Gasteiger partial charge in [-0.1, -0.05) is 23.5 Å². The van der Waals surface area contributed by atoms with Gasteiger partial charge in [0.1, 0.15) is 10.7 Å². The molecule has 0 aliphatic carbocycles. The van der Waals surface area contributed by atoms with E-state index in [0.717, 1.165) is 41.8 Å². The first-order valence-electron chi connectivity index (χ1n) is 10.9. The number of halogens is 1. The number of nitrogens with zero attached hydrogens (tertiary/aromatic N) is 2. The maximum Gasteiger partial charge on any atom is 0.267 e. The van der Waals surface area contributed by atoms with Crippen LogP contribution in [-0.2, 0) is 14.8 Å². The summed E-state index contributed by atoms with van der Waals surface area (Å²) in [5.41, 5.74) is 1.18. The zero-order valence-corrected chi connectivity index (χ0v) is 20.8. The summed E-state index contributed by atoms with van der Waals surface area (Å²) < 4.78 is 53.2. The summed E-state index contributed by atoms with van der Waals surface area (Å²) in [5.74, 6) is -0.256. The van der Waals surface area contributed by atoms with Gasteiger partial charge >= 0.3 is 0 Å². The topological polar surface area (TPSA) is 102 Å². The van der Waals surface area contributed by atoms with Crippen molar-refractivity contribution in [3.8, 4) is 16.3 Å². The number of benzene rings is 1. The Hall–Kier alpha value is -2.76. The van der Waals surface area contributed by atoms with E-state index in [4.69, 9.17) is 9.47 Å². The summed E-state index contributed by atoms with van der Waals surface area (Å²) in [6, 6.07) is 7.26. The van der Waals surface area contributed by atoms with Gasteiger partial charge in [0.15, 0.2) is 5.13 Å². The Kier molecular flexibility index (Phi) is 7.34. The number of hydrogen-bond acceptors (Lipinski definition) is 8. The molecule has 0 amide bonds. The molecule has 0 radical (unpaired) electrons. The summed E-state index contributed by atoms with van der Waals surface area (Å²) in [7, 11) is -2.83. The minimum Gasteiger partial charge on any atom is -0.480 e. The molecule has 2 N–H and O–H groups in total. The fourth-order valence-electron chi connectivity index (χ4n) is 3.90. The number of aromatic nitrogens is 2. The minimum atomic E-state index is -4.17. The Morgan fingerprint density at radius 3 is 2.71 bits per heavy atom. The van der Waals surface area contributed by atoms with Crippen LogP contribution in [-0.4, -0.2) is 44.8 Å². The van der Waals surface area contributed by atoms with Crippen molar-refractivity contribution < 1.29 is 22.3 Å². The van der Waals surface area contributed by atoms with Crippen LogP contribution in [0, 0.1) is 18.7 Å². The summed E-state index contributed by atoms with van der Waals surface area (Å²) in [4.78, 5) is 9.44. The van der Waals surface area contributed by atoms with Crippen molar-refractivity contribution in [2.75, 3.05) is 30.4 Å². The fourth-order valence-corrected chi connectivity index (χ4v) is 6.16. The highest BCUT2D eigenvalue weighted by Gasteiger charge is 2.25. The summed E-state index contributed by atoms with van der Waals surface area (Å²) in [6.07, 6.45) is 3.56. The van der Waals surface area contributed by atoms with Crippen molar-refractivity contribution in [2.45, 2.75) is 37.6 Å². The first kappa shape index (κ1) is 24.4. The second kappa shape index (κ2) is 10.2. The molecule has 1 aliphatic rings. The Labute approximate surface area is 202 Å². The standard InChI is InChI=1S/C23H27FN4O4S2/c1-14(16-8-10-32-11-9-16)26-23-27-15(2)21(33-23)17-12-20(22(31-3)25-13-17)34(29,30)28-19-7-5-4-6-18(19)24/h4-7,12-14,16,28H,8-11H2,1-3H3,(H,26,27). The number of para-hydroxylation sites is 1. The molecule has 0 bridgehead atoms. The van der Waals surface area contributed by atoms with Crippen LogP contribution in [0.4, 0.5) is 15.2 Å². The van der Waals surface area contributed by atoms with Gasteiger partial charge in [-0.3, -0.25) is 4.72 Å². The zero-order chi connectivity index (χ0) is 24.3. The third-order valence-electron chi connectivity index (χ3n) is 5.80. The molecule has 3 aromatic rings. The van der Waals surface area contributed by atoms with Gasteiger partial charge in [0.25, 0.3) is 10.0 Å². The van der Waals surface area contributed by atoms with Gasteiger partial charge in [-0.15, -0.1) is 0 Å². The predicted octanol–water partition coefficient (Wildman–Crippen LogP) is 4.69. The minimum absolute atomic E-state index is 0.0822. The van der Waals surface area contributed by atoms with Gasteiger partial charge < -0.3 is 14.8 Å². The Balaban J connectivity index is 1.62. The highest BCUT2D eigenvalue weighted by Crippen LogP contribution is 2.36. The number of hydrogen-bond donors (Lipinski definition) is 2. The molecule has 1 saturated heterocycles. The highest BCUT2D eigenvalue weighted by molar-refractivity contribution is 7.92. The number of methoxy groups -OCH3 is 1. The average Bonchev–Trinajstić information content (AvgIpc) is 3.20. The van der Waals surface area contributed by atoms with E-state index >= 15 is 0 Å². The second-order valence-electron chi connectivity index (χ2n) is 8.13. The molecule has 34 heavy (non-hydrogen) atoms. The van der Waals surface area contributed by atoms with Crippen molar-refractivity contribution in [1.82, 2.24) is 9.97 Å². The molecule has 3 heterocycles. The van der Waals surface area contributed by atoms with Crippen LogP contribution >= 0.6 is 11.3 Å². The lowest BCUT2D eigenvalue weighted by Crippen LogP contribution is -2.30. The number of ether oxygens (including phenoxy) is 2. The normalized spacial score (nSPS) is 15.6. The predicted molar refractivity (Wildman–Crippen MR) is 130 cm³/mol. The summed E-state index contributed by atoms with van der Waals surface area (Å²) in [6.45, 7) is 5.55. The first-order chi connectivity index (χ1) is 16.3. The lowest BCUT2D eigenvalue weighted by Gasteiger charge is -2.28. The van der Waals surface area contributed by atoms with Gasteiger partial charge in [-0.05, 0) is 50.8 Å². The molecule has 4 rings (SSSR count). The van der Waals surface area contributed by atoms with Gasteiger partial charge in [-0.2, -0.15) is 0 Å². The van der Waals surface area contributed by atoms with Crippen LogP contribution < -0.4 is 14.8 Å². The van der Waals surface area contributed by atoms with E-state index < -0.39 is 15.8 Å². The number of anilines is 2. The van der Waals surface area contributed by atoms with Crippen LogP contribution in [0.5, 0.6) is 5.88 Å². The lowest BCUT2D eigenvalue weighted by molar-refractivity contribution is 0.0622. The molecule has 1 aromatic carbocycles. The van der Waals surface area contributed by atoms with Crippen molar-refractivity contribution in [2.24, 2.45) is 5.92 Å². The molecule has 1 aliphatic heterocycles. The number of rotatable bonds is 8. The maximum atomic E-state index is 14.1. The maximum absolute atomic E-state index is 14.1. The fraction of sp³-hybridized carbons (Fsp3) is 0.391. The Morgan fingerprint density at radius 2 is 2.00 bits per heavy atom. The van der Waals surface area contributed by atoms with Gasteiger partial charge in [0, 0.05) is 31.0 Å². The van der Waals surface area contributed by atoms with Crippen LogP contribution in [0.2, 0.25) is 0 Å². The number of sulfonamides is 1. The number of nitrogens with one attached hydrogen (secondary N) is 2. The first-order valence-corrected chi connectivity index (χ1v) is 13.2. The highest BCUT2D eigenvalue weighted by atomic mass is 32.2. The molecule has 8 nitrogen and oxygen atoms in total. The summed E-state index contributed by atoms with van der Waals surface area (Å²) in [5, 5.41) is 4.24. The van der Waals surface area contributed by atoms with Crippen molar-refractivity contribution in [1.29, 1.82) is 0 Å². The Bertz CT molecular complexity index is 1260. The monoisotopic (exact) mass is 506 g/mol. The average molecular weight is 507 g/mol. The molecule has 2 aromatic heterocycles. The van der Waals surface area contributed by atoms with Crippen molar-refractivity contribution in [3.63, 3.8) is 0 Å². The number of aryl methyl sites for hydroxylation is 1. The quantitative estimate of drug-likeness (QED) is 0.457. The number of thiazole rings is 1. The third-order valence-corrected chi connectivity index (χ3v) is 8.30. The molecular weight excluding hydrogens is 479 g/mol. The van der Waals surface area contributed by atoms with Crippen LogP contribution in [0.15, 0.2) is 41.4 Å². The molecule has 1 unspecified atom stereocenters. The smallest absolute Gasteiger partial charge is 0.267 e. The molecule has 182 valence electrons. The molecular formula is C23H27FN4O4S2. The van der Waals surface area contributed by atoms with Gasteiger partial charge in [-0.25, -0.2) is 22.8 Å². The van der Waals surface area contributed by atoms with E-state index in [-0.39, 0.29) is 22.5 Å². The van der Waals surface area contributed by atoms with E-state index in [2.05, 4.69) is 26.9 Å². The zero-order valence-electron chi connectivity index (χ0n) is 19.2. The van der Waals surface area contributed by atoms with Crippen LogP contribution in [0.1, 0.15) is 25.5 Å². The molecule has 1 fully saturated rings. The van der Waals surface area contributed by atoms with Crippen molar-refractivity contribution in [3.05, 3.63) is 48.0 Å². The lowest BCUT2D eigenvalue weighted by atomic mass is 9.93. The van der Waals surface area contributed by atoms with Gasteiger partial charge in [0.2, 0.25) is 5.88 Å². The molecule has 11 heteroatoms.